The predicted molar refractivity (Wildman–Crippen MR) is 144 cm³/mol. The molecule has 0 saturated carbocycles. The molecule has 1 unspecified atom stereocenters. The van der Waals surface area contributed by atoms with Gasteiger partial charge in [0.25, 0.3) is 0 Å². The number of nitriles is 1. The molecule has 1 amide bonds. The van der Waals surface area contributed by atoms with E-state index in [4.69, 9.17) is 4.74 Å². The maximum Gasteiger partial charge on any atom is 0.244 e. The predicted octanol–water partition coefficient (Wildman–Crippen LogP) is 4.72. The number of carbonyl (C=O) groups is 1. The van der Waals surface area contributed by atoms with Crippen molar-refractivity contribution in [1.82, 2.24) is 14.4 Å². The van der Waals surface area contributed by atoms with E-state index in [1.165, 1.54) is 35.9 Å². The summed E-state index contributed by atoms with van der Waals surface area (Å²) in [6, 6.07) is 19.4. The van der Waals surface area contributed by atoms with E-state index in [9.17, 15) is 24.7 Å². The fourth-order valence-corrected chi connectivity index (χ4v) is 5.57. The Kier molecular flexibility index (Phi) is 7.13. The van der Waals surface area contributed by atoms with Gasteiger partial charge in [-0.2, -0.15) is 5.26 Å². The van der Waals surface area contributed by atoms with Crippen LogP contribution in [-0.2, 0) is 11.3 Å². The Bertz CT molecular complexity index is 1540. The number of likely N-dealkylation sites (N-methyl/N-ethyl adjacent to an activating group) is 1. The van der Waals surface area contributed by atoms with Crippen LogP contribution in [0.25, 0.3) is 10.8 Å². The number of methoxy groups -OCH3 is 1. The van der Waals surface area contributed by atoms with Gasteiger partial charge in [0, 0.05) is 44.4 Å². The van der Waals surface area contributed by atoms with Crippen molar-refractivity contribution in [1.29, 1.82) is 5.26 Å². The van der Waals surface area contributed by atoms with Crippen LogP contribution >= 0.6 is 0 Å². The minimum atomic E-state index is -0.725. The van der Waals surface area contributed by atoms with Crippen molar-refractivity contribution < 1.29 is 24.1 Å². The van der Waals surface area contributed by atoms with Crippen molar-refractivity contribution >= 4 is 16.7 Å². The Morgan fingerprint density at radius 3 is 2.51 bits per heavy atom. The Labute approximate surface area is 225 Å². The van der Waals surface area contributed by atoms with Crippen LogP contribution in [0.4, 0.5) is 4.39 Å². The molecule has 1 aliphatic heterocycles. The lowest BCUT2D eigenvalue weighted by Gasteiger charge is -2.32. The lowest BCUT2D eigenvalue weighted by atomic mass is 9.98. The first-order valence-corrected chi connectivity index (χ1v) is 12.6. The molecule has 1 saturated heterocycles. The summed E-state index contributed by atoms with van der Waals surface area (Å²) in [5, 5.41) is 32.0. The maximum absolute atomic E-state index is 14.1. The van der Waals surface area contributed by atoms with Gasteiger partial charge in [0.15, 0.2) is 11.8 Å². The summed E-state index contributed by atoms with van der Waals surface area (Å²) in [5.74, 6) is -0.273. The monoisotopic (exact) mass is 528 g/mol. The third-order valence-corrected chi connectivity index (χ3v) is 7.42. The van der Waals surface area contributed by atoms with Crippen LogP contribution in [0.1, 0.15) is 35.2 Å². The third kappa shape index (κ3) is 4.87. The standard InChI is InChI=1S/C30H29FN4O4/c1-33(18-25-24-6-4-3-5-20(24)15-21(16-32)29(25)39-2)30(38)28(19-7-9-22(31)10-8-19)34-14-13-23(17-34)35-26(36)11-12-27(35)37/h3-12,15,23,28,36-37H,13-14,17-18H2,1-2H3/t23-,28?/m0/s1. The van der Waals surface area contributed by atoms with Gasteiger partial charge in [-0.05, 0) is 41.0 Å². The number of halogens is 1. The summed E-state index contributed by atoms with van der Waals surface area (Å²) < 4.78 is 20.9. The van der Waals surface area contributed by atoms with Crippen molar-refractivity contribution in [2.45, 2.75) is 25.0 Å². The maximum atomic E-state index is 14.1. The second kappa shape index (κ2) is 10.7. The lowest BCUT2D eigenvalue weighted by Crippen LogP contribution is -2.40. The van der Waals surface area contributed by atoms with Crippen LogP contribution < -0.4 is 4.74 Å². The molecule has 5 rings (SSSR count). The molecule has 1 aliphatic rings. The average Bonchev–Trinajstić information content (AvgIpc) is 3.54. The van der Waals surface area contributed by atoms with Gasteiger partial charge in [-0.15, -0.1) is 0 Å². The minimum Gasteiger partial charge on any atom is -0.495 e. The number of ether oxygens (including phenoxy) is 1. The second-order valence-corrected chi connectivity index (χ2v) is 9.77. The number of nitrogens with zero attached hydrogens (tertiary/aromatic N) is 4. The van der Waals surface area contributed by atoms with Gasteiger partial charge in [-0.25, -0.2) is 4.39 Å². The van der Waals surface area contributed by atoms with Gasteiger partial charge in [0.1, 0.15) is 23.7 Å². The molecule has 2 atom stereocenters. The number of hydrogen-bond donors (Lipinski definition) is 2. The molecule has 0 spiro atoms. The first kappa shape index (κ1) is 26.1. The number of benzene rings is 3. The van der Waals surface area contributed by atoms with E-state index in [0.29, 0.717) is 36.4 Å². The minimum absolute atomic E-state index is 0.0440. The number of hydrogen-bond acceptors (Lipinski definition) is 6. The molecule has 4 aromatic rings. The topological polar surface area (TPSA) is 102 Å². The molecule has 3 aromatic carbocycles. The fraction of sp³-hybridized carbons (Fsp3) is 0.267. The molecule has 0 radical (unpaired) electrons. The highest BCUT2D eigenvalue weighted by atomic mass is 19.1. The Balaban J connectivity index is 1.49. The summed E-state index contributed by atoms with van der Waals surface area (Å²) in [6.07, 6.45) is 0.604. The smallest absolute Gasteiger partial charge is 0.244 e. The lowest BCUT2D eigenvalue weighted by molar-refractivity contribution is -0.136. The van der Waals surface area contributed by atoms with E-state index < -0.39 is 11.9 Å². The Hall–Kier alpha value is -4.55. The number of aromatic nitrogens is 1. The average molecular weight is 529 g/mol. The van der Waals surface area contributed by atoms with E-state index in [2.05, 4.69) is 6.07 Å². The van der Waals surface area contributed by atoms with Crippen LogP contribution in [0.5, 0.6) is 17.5 Å². The zero-order valence-electron chi connectivity index (χ0n) is 21.7. The molecule has 2 heterocycles. The number of rotatable bonds is 7. The van der Waals surface area contributed by atoms with Crippen LogP contribution in [0.15, 0.2) is 66.7 Å². The van der Waals surface area contributed by atoms with Crippen molar-refractivity contribution in [3.63, 3.8) is 0 Å². The largest absolute Gasteiger partial charge is 0.495 e. The van der Waals surface area contributed by atoms with E-state index in [1.54, 1.807) is 30.1 Å². The molecule has 2 N–H and O–H groups in total. The van der Waals surface area contributed by atoms with E-state index in [1.807, 2.05) is 29.2 Å². The zero-order chi connectivity index (χ0) is 27.7. The number of aromatic hydroxyl groups is 2. The highest BCUT2D eigenvalue weighted by Gasteiger charge is 2.37. The summed E-state index contributed by atoms with van der Waals surface area (Å²) in [5.41, 5.74) is 1.75. The van der Waals surface area contributed by atoms with Gasteiger partial charge in [0.05, 0.1) is 18.7 Å². The molecular formula is C30H29FN4O4. The molecule has 200 valence electrons. The molecular weight excluding hydrogens is 499 g/mol. The Morgan fingerprint density at radius 1 is 1.15 bits per heavy atom. The van der Waals surface area contributed by atoms with Crippen LogP contribution in [0, 0.1) is 17.1 Å². The quantitative estimate of drug-likeness (QED) is 0.360. The highest BCUT2D eigenvalue weighted by Crippen LogP contribution is 2.38. The van der Waals surface area contributed by atoms with Gasteiger partial charge >= 0.3 is 0 Å². The van der Waals surface area contributed by atoms with Gasteiger partial charge in [-0.3, -0.25) is 14.3 Å². The third-order valence-electron chi connectivity index (χ3n) is 7.42. The van der Waals surface area contributed by atoms with Crippen LogP contribution in [0.3, 0.4) is 0 Å². The summed E-state index contributed by atoms with van der Waals surface area (Å²) in [6.45, 7) is 1.11. The number of amides is 1. The normalized spacial score (nSPS) is 16.2. The van der Waals surface area contributed by atoms with E-state index in [-0.39, 0.29) is 30.3 Å². The molecule has 8 nitrogen and oxygen atoms in total. The summed E-state index contributed by atoms with van der Waals surface area (Å²) >= 11 is 0. The molecule has 1 fully saturated rings. The van der Waals surface area contributed by atoms with Crippen molar-refractivity contribution in [2.75, 3.05) is 27.2 Å². The van der Waals surface area contributed by atoms with Crippen LogP contribution in [-0.4, -0.2) is 57.7 Å². The Morgan fingerprint density at radius 2 is 1.85 bits per heavy atom. The fourth-order valence-electron chi connectivity index (χ4n) is 5.57. The van der Waals surface area contributed by atoms with Gasteiger partial charge in [0.2, 0.25) is 5.91 Å². The number of likely N-dealkylation sites (tertiary alicyclic amines) is 1. The highest BCUT2D eigenvalue weighted by molar-refractivity contribution is 5.91. The number of fused-ring (bicyclic) bond motifs is 1. The molecule has 0 aliphatic carbocycles. The van der Waals surface area contributed by atoms with Crippen molar-refractivity contribution in [3.8, 4) is 23.6 Å². The molecule has 1 aromatic heterocycles. The second-order valence-electron chi connectivity index (χ2n) is 9.77. The van der Waals surface area contributed by atoms with Crippen LogP contribution in [0.2, 0.25) is 0 Å². The molecule has 39 heavy (non-hydrogen) atoms. The summed E-state index contributed by atoms with van der Waals surface area (Å²) in [4.78, 5) is 17.7. The van der Waals surface area contributed by atoms with Gasteiger partial charge < -0.3 is 19.8 Å². The molecule has 0 bridgehead atoms. The van der Waals surface area contributed by atoms with Crippen molar-refractivity contribution in [2.24, 2.45) is 0 Å². The van der Waals surface area contributed by atoms with E-state index >= 15 is 0 Å². The summed E-state index contributed by atoms with van der Waals surface area (Å²) in [7, 11) is 3.21. The zero-order valence-corrected chi connectivity index (χ0v) is 21.7. The first-order chi connectivity index (χ1) is 18.8. The first-order valence-electron chi connectivity index (χ1n) is 12.6. The van der Waals surface area contributed by atoms with Gasteiger partial charge in [-0.1, -0.05) is 36.4 Å². The molecule has 9 heteroatoms. The van der Waals surface area contributed by atoms with E-state index in [0.717, 1.165) is 16.3 Å². The number of carbonyl (C=O) groups excluding carboxylic acids is 1. The van der Waals surface area contributed by atoms with Crippen molar-refractivity contribution in [3.05, 3.63) is 89.2 Å². The SMILES string of the molecule is COc1c(C#N)cc2ccccc2c1CN(C)C(=O)C(c1ccc(F)cc1)N1CC[C@H](n2c(O)ccc2O)C1.